The molecule has 3 aromatic carbocycles. The van der Waals surface area contributed by atoms with Gasteiger partial charge in [0.2, 0.25) is 5.90 Å². The van der Waals surface area contributed by atoms with Gasteiger partial charge in [0.15, 0.2) is 0 Å². The molecule has 0 saturated heterocycles. The van der Waals surface area contributed by atoms with Gasteiger partial charge >= 0.3 is 0 Å². The van der Waals surface area contributed by atoms with Crippen molar-refractivity contribution in [2.75, 3.05) is 6.61 Å². The molecule has 4 rings (SSSR count). The highest BCUT2D eigenvalue weighted by atomic mass is 33.1. The number of hydrogen-bond acceptors (Lipinski definition) is 4. The molecule has 0 bridgehead atoms. The van der Waals surface area contributed by atoms with Crippen LogP contribution in [0.3, 0.4) is 0 Å². The largest absolute Gasteiger partial charge is 0.475 e. The fourth-order valence-electron chi connectivity index (χ4n) is 3.87. The summed E-state index contributed by atoms with van der Waals surface area (Å²) in [5.74, 6) is 0.605. The third-order valence-electron chi connectivity index (χ3n) is 5.54. The lowest BCUT2D eigenvalue weighted by Crippen LogP contribution is -2.07. The molecule has 0 saturated carbocycles. The van der Waals surface area contributed by atoms with Gasteiger partial charge in [-0.1, -0.05) is 69.6 Å². The van der Waals surface area contributed by atoms with Crippen molar-refractivity contribution in [2.45, 2.75) is 38.3 Å². The summed E-state index contributed by atoms with van der Waals surface area (Å²) >= 11 is 0. The molecule has 0 aromatic heterocycles. The van der Waals surface area contributed by atoms with E-state index in [-0.39, 0.29) is 24.1 Å². The zero-order valence-corrected chi connectivity index (χ0v) is 20.0. The lowest BCUT2D eigenvalue weighted by Gasteiger charge is -2.11. The number of rotatable bonds is 7. The minimum Gasteiger partial charge on any atom is -0.475 e. The Labute approximate surface area is 195 Å². The summed E-state index contributed by atoms with van der Waals surface area (Å²) in [5, 5.41) is 0. The Morgan fingerprint density at radius 3 is 2.19 bits per heavy atom. The van der Waals surface area contributed by atoms with E-state index in [4.69, 9.17) is 4.74 Å². The second kappa shape index (κ2) is 10.1. The molecule has 0 aliphatic carbocycles. The molecule has 3 aromatic rings. The molecule has 6 heteroatoms. The number of halogens is 2. The predicted octanol–water partition coefficient (Wildman–Crippen LogP) is 7.49. The Balaban J connectivity index is 1.33. The Bertz CT molecular complexity index is 1100. The molecule has 32 heavy (non-hydrogen) atoms. The van der Waals surface area contributed by atoms with Crippen LogP contribution in [-0.2, 0) is 16.2 Å². The number of benzene rings is 3. The molecule has 0 fully saturated rings. The monoisotopic (exact) mass is 469 g/mol. The van der Waals surface area contributed by atoms with Crippen molar-refractivity contribution in [1.82, 2.24) is 0 Å². The molecule has 0 N–H and O–H groups in total. The van der Waals surface area contributed by atoms with Crippen molar-refractivity contribution in [3.05, 3.63) is 105 Å². The maximum absolute atomic E-state index is 14.0. The predicted molar refractivity (Wildman–Crippen MR) is 131 cm³/mol. The van der Waals surface area contributed by atoms with Gasteiger partial charge in [-0.15, -0.1) is 0 Å². The average molecular weight is 470 g/mol. The summed E-state index contributed by atoms with van der Waals surface area (Å²) in [6.45, 7) is 6.78. The summed E-state index contributed by atoms with van der Waals surface area (Å²) in [6, 6.07) is 16.2. The van der Waals surface area contributed by atoms with Crippen LogP contribution in [0, 0.1) is 32.4 Å². The van der Waals surface area contributed by atoms with Gasteiger partial charge in [-0.25, -0.2) is 13.8 Å². The maximum Gasteiger partial charge on any atom is 0.222 e. The van der Waals surface area contributed by atoms with Crippen LogP contribution < -0.4 is 0 Å². The van der Waals surface area contributed by atoms with Crippen LogP contribution in [0.2, 0.25) is 0 Å². The fourth-order valence-corrected chi connectivity index (χ4v) is 6.20. The Morgan fingerprint density at radius 1 is 0.906 bits per heavy atom. The minimum atomic E-state index is -0.662. The van der Waals surface area contributed by atoms with Crippen molar-refractivity contribution in [3.63, 3.8) is 0 Å². The normalized spacial score (nSPS) is 15.5. The first-order valence-electron chi connectivity index (χ1n) is 10.5. The molecule has 166 valence electrons. The first-order chi connectivity index (χ1) is 15.4. The van der Waals surface area contributed by atoms with E-state index in [9.17, 15) is 8.78 Å². The second-order valence-electron chi connectivity index (χ2n) is 8.00. The lowest BCUT2D eigenvalue weighted by molar-refractivity contribution is 0.317. The molecule has 1 atom stereocenters. The Morgan fingerprint density at radius 2 is 1.53 bits per heavy atom. The van der Waals surface area contributed by atoms with Crippen LogP contribution >= 0.6 is 21.6 Å². The molecule has 1 aliphatic heterocycles. The van der Waals surface area contributed by atoms with Gasteiger partial charge in [0.05, 0.1) is 0 Å². The third-order valence-corrected chi connectivity index (χ3v) is 7.78. The van der Waals surface area contributed by atoms with Gasteiger partial charge in [0, 0.05) is 11.5 Å². The zero-order valence-electron chi connectivity index (χ0n) is 18.3. The lowest BCUT2D eigenvalue weighted by atomic mass is 10.0. The quantitative estimate of drug-likeness (QED) is 0.264. The smallest absolute Gasteiger partial charge is 0.222 e. The second-order valence-corrected chi connectivity index (χ2v) is 10.5. The standard InChI is InChI=1S/C26H25F2NOS2/c1-16-11-17(2)21(18(3)12-16)15-32-31-14-19-7-9-20(10-8-19)24-13-30-26(29-24)25-22(27)5-4-6-23(25)28/h4-12,24H,13-15H2,1-3H3. The summed E-state index contributed by atoms with van der Waals surface area (Å²) in [7, 11) is 3.71. The number of aliphatic imine (C=N–C) groups is 1. The maximum atomic E-state index is 14.0. The highest BCUT2D eigenvalue weighted by Crippen LogP contribution is 2.33. The molecule has 1 unspecified atom stereocenters. The SMILES string of the molecule is Cc1cc(C)c(CSSCc2ccc(C3COC(c4c(F)cccc4F)=N3)cc2)c(C)c1. The molecule has 0 spiro atoms. The average Bonchev–Trinajstić information content (AvgIpc) is 3.22. The topological polar surface area (TPSA) is 21.6 Å². The van der Waals surface area contributed by atoms with E-state index >= 15 is 0 Å². The van der Waals surface area contributed by atoms with Crippen molar-refractivity contribution in [1.29, 1.82) is 0 Å². The van der Waals surface area contributed by atoms with Crippen LogP contribution in [-0.4, -0.2) is 12.5 Å². The van der Waals surface area contributed by atoms with E-state index < -0.39 is 11.6 Å². The van der Waals surface area contributed by atoms with Crippen molar-refractivity contribution >= 4 is 27.5 Å². The van der Waals surface area contributed by atoms with E-state index in [1.54, 1.807) is 0 Å². The van der Waals surface area contributed by atoms with E-state index in [0.29, 0.717) is 0 Å². The highest BCUT2D eigenvalue weighted by Gasteiger charge is 2.26. The molecule has 0 radical (unpaired) electrons. The van der Waals surface area contributed by atoms with Crippen molar-refractivity contribution < 1.29 is 13.5 Å². The van der Waals surface area contributed by atoms with Gasteiger partial charge in [0.25, 0.3) is 0 Å². The zero-order chi connectivity index (χ0) is 22.7. The molecular formula is C26H25F2NOS2. The van der Waals surface area contributed by atoms with E-state index in [1.165, 1.54) is 46.0 Å². The fraction of sp³-hybridized carbons (Fsp3) is 0.269. The van der Waals surface area contributed by atoms with Crippen molar-refractivity contribution in [3.8, 4) is 0 Å². The molecule has 0 amide bonds. The van der Waals surface area contributed by atoms with Crippen molar-refractivity contribution in [2.24, 2.45) is 4.99 Å². The van der Waals surface area contributed by atoms with Gasteiger partial charge in [-0.3, -0.25) is 0 Å². The Kier molecular flexibility index (Phi) is 7.21. The van der Waals surface area contributed by atoms with Gasteiger partial charge in [-0.05, 0) is 60.7 Å². The summed E-state index contributed by atoms with van der Waals surface area (Å²) in [6.07, 6.45) is 0. The van der Waals surface area contributed by atoms with E-state index in [0.717, 1.165) is 17.1 Å². The van der Waals surface area contributed by atoms with Crippen LogP contribution in [0.5, 0.6) is 0 Å². The van der Waals surface area contributed by atoms with Crippen LogP contribution in [0.4, 0.5) is 8.78 Å². The number of aryl methyl sites for hydroxylation is 3. The Hall–Kier alpha value is -2.31. The number of hydrogen-bond donors (Lipinski definition) is 0. The number of ether oxygens (including phenoxy) is 1. The summed E-state index contributed by atoms with van der Waals surface area (Å²) < 4.78 is 33.5. The molecule has 2 nitrogen and oxygen atoms in total. The third kappa shape index (κ3) is 5.18. The summed E-state index contributed by atoms with van der Waals surface area (Å²) in [4.78, 5) is 4.42. The van der Waals surface area contributed by atoms with Crippen LogP contribution in [0.1, 0.15) is 45.0 Å². The summed E-state index contributed by atoms with van der Waals surface area (Å²) in [5.41, 5.74) is 7.45. The molecular weight excluding hydrogens is 444 g/mol. The van der Waals surface area contributed by atoms with Gasteiger partial charge in [0.1, 0.15) is 29.8 Å². The first-order valence-corrected chi connectivity index (χ1v) is 13.0. The highest BCUT2D eigenvalue weighted by molar-refractivity contribution is 8.76. The minimum absolute atomic E-state index is 0.0309. The van der Waals surface area contributed by atoms with E-state index in [1.807, 2.05) is 33.7 Å². The van der Waals surface area contributed by atoms with Crippen LogP contribution in [0.25, 0.3) is 0 Å². The number of nitrogens with zero attached hydrogens (tertiary/aromatic N) is 1. The van der Waals surface area contributed by atoms with Gasteiger partial charge < -0.3 is 4.74 Å². The van der Waals surface area contributed by atoms with E-state index in [2.05, 4.69) is 50.0 Å². The molecule has 1 aliphatic rings. The van der Waals surface area contributed by atoms with Crippen LogP contribution in [0.15, 0.2) is 59.6 Å². The first kappa shape index (κ1) is 22.9. The van der Waals surface area contributed by atoms with Gasteiger partial charge in [-0.2, -0.15) is 0 Å². The molecule has 1 heterocycles.